The number of hydrogen-bond donors (Lipinski definition) is 3. The second-order valence-corrected chi connectivity index (χ2v) is 7.66. The summed E-state index contributed by atoms with van der Waals surface area (Å²) in [6.45, 7) is 5.74. The van der Waals surface area contributed by atoms with Gasteiger partial charge in [0.2, 0.25) is 11.8 Å². The first-order valence-corrected chi connectivity index (χ1v) is 9.36. The molecule has 0 saturated heterocycles. The molecular formula is C22H26FN3O3. The van der Waals surface area contributed by atoms with Gasteiger partial charge in [0, 0.05) is 41.7 Å². The highest BCUT2D eigenvalue weighted by molar-refractivity contribution is 5.95. The van der Waals surface area contributed by atoms with Crippen LogP contribution in [0.2, 0.25) is 0 Å². The fourth-order valence-corrected chi connectivity index (χ4v) is 2.40. The monoisotopic (exact) mass is 399 g/mol. The maximum atomic E-state index is 13.6. The standard InChI is InChI=1S/C22H26FN3O3/c1-22(2,3)21(29)24-13-12-19(27)26-17-10-8-15(9-11-17)20(28)25-14-16-6-4-5-7-18(16)23/h4-11H,12-14H2,1-3H3,(H,24,29)(H,25,28)(H,26,27). The Kier molecular flexibility index (Phi) is 7.47. The molecule has 29 heavy (non-hydrogen) atoms. The molecule has 154 valence electrons. The van der Waals surface area contributed by atoms with Gasteiger partial charge in [-0.05, 0) is 30.3 Å². The maximum Gasteiger partial charge on any atom is 0.251 e. The lowest BCUT2D eigenvalue weighted by Crippen LogP contribution is -2.36. The highest BCUT2D eigenvalue weighted by atomic mass is 19.1. The topological polar surface area (TPSA) is 87.3 Å². The Hall–Kier alpha value is -3.22. The van der Waals surface area contributed by atoms with Crippen LogP contribution in [0.25, 0.3) is 0 Å². The lowest BCUT2D eigenvalue weighted by atomic mass is 9.96. The number of anilines is 1. The zero-order valence-corrected chi connectivity index (χ0v) is 16.8. The lowest BCUT2D eigenvalue weighted by Gasteiger charge is -2.17. The number of hydrogen-bond acceptors (Lipinski definition) is 3. The minimum absolute atomic E-state index is 0.0876. The van der Waals surface area contributed by atoms with Crippen LogP contribution < -0.4 is 16.0 Å². The van der Waals surface area contributed by atoms with Crippen molar-refractivity contribution in [3.63, 3.8) is 0 Å². The van der Waals surface area contributed by atoms with Gasteiger partial charge in [0.15, 0.2) is 0 Å². The van der Waals surface area contributed by atoms with E-state index in [-0.39, 0.29) is 43.0 Å². The van der Waals surface area contributed by atoms with Crippen LogP contribution in [0.4, 0.5) is 10.1 Å². The molecule has 3 amide bonds. The Balaban J connectivity index is 1.80. The first-order valence-electron chi connectivity index (χ1n) is 9.36. The summed E-state index contributed by atoms with van der Waals surface area (Å²) in [6.07, 6.45) is 0.146. The van der Waals surface area contributed by atoms with Crippen LogP contribution in [0.5, 0.6) is 0 Å². The smallest absolute Gasteiger partial charge is 0.251 e. The van der Waals surface area contributed by atoms with Crippen molar-refractivity contribution in [3.8, 4) is 0 Å². The van der Waals surface area contributed by atoms with Crippen LogP contribution >= 0.6 is 0 Å². The quantitative estimate of drug-likeness (QED) is 0.668. The van der Waals surface area contributed by atoms with Gasteiger partial charge in [-0.15, -0.1) is 0 Å². The van der Waals surface area contributed by atoms with Crippen LogP contribution in [-0.2, 0) is 16.1 Å². The van der Waals surface area contributed by atoms with E-state index in [1.165, 1.54) is 6.07 Å². The Morgan fingerprint density at radius 3 is 2.21 bits per heavy atom. The van der Waals surface area contributed by atoms with Crippen molar-refractivity contribution in [1.29, 1.82) is 0 Å². The van der Waals surface area contributed by atoms with E-state index in [1.54, 1.807) is 63.2 Å². The molecule has 0 aromatic heterocycles. The summed E-state index contributed by atoms with van der Waals surface area (Å²) in [5.74, 6) is -1.06. The molecule has 0 aliphatic carbocycles. The summed E-state index contributed by atoms with van der Waals surface area (Å²) >= 11 is 0. The van der Waals surface area contributed by atoms with E-state index < -0.39 is 5.41 Å². The molecule has 0 aliphatic rings. The summed E-state index contributed by atoms with van der Waals surface area (Å²) in [4.78, 5) is 35.9. The predicted octanol–water partition coefficient (Wildman–Crippen LogP) is 3.25. The zero-order valence-electron chi connectivity index (χ0n) is 16.8. The van der Waals surface area contributed by atoms with Gasteiger partial charge in [-0.2, -0.15) is 0 Å². The number of benzene rings is 2. The number of halogens is 1. The molecule has 6 nitrogen and oxygen atoms in total. The second kappa shape index (κ2) is 9.82. The summed E-state index contributed by atoms with van der Waals surface area (Å²) < 4.78 is 13.6. The van der Waals surface area contributed by atoms with Gasteiger partial charge in [0.05, 0.1) is 0 Å². The summed E-state index contributed by atoms with van der Waals surface area (Å²) in [5, 5.41) is 8.09. The molecule has 3 N–H and O–H groups in total. The number of rotatable bonds is 7. The largest absolute Gasteiger partial charge is 0.355 e. The molecule has 0 unspecified atom stereocenters. The molecular weight excluding hydrogens is 373 g/mol. The van der Waals surface area contributed by atoms with E-state index in [0.717, 1.165) is 0 Å². The summed E-state index contributed by atoms with van der Waals surface area (Å²) in [6, 6.07) is 12.6. The molecule has 0 spiro atoms. The molecule has 2 aromatic carbocycles. The molecule has 7 heteroatoms. The first kappa shape index (κ1) is 22.1. The second-order valence-electron chi connectivity index (χ2n) is 7.66. The van der Waals surface area contributed by atoms with E-state index in [4.69, 9.17) is 0 Å². The summed E-state index contributed by atoms with van der Waals surface area (Å²) in [7, 11) is 0. The van der Waals surface area contributed by atoms with Crippen LogP contribution in [0, 0.1) is 11.2 Å². The predicted molar refractivity (Wildman–Crippen MR) is 110 cm³/mol. The minimum atomic E-state index is -0.501. The van der Waals surface area contributed by atoms with Crippen molar-refractivity contribution in [3.05, 3.63) is 65.5 Å². The van der Waals surface area contributed by atoms with Crippen molar-refractivity contribution in [1.82, 2.24) is 10.6 Å². The summed E-state index contributed by atoms with van der Waals surface area (Å²) in [5.41, 5.74) is 0.849. The number of carbonyl (C=O) groups excluding carboxylic acids is 3. The fourth-order valence-electron chi connectivity index (χ4n) is 2.40. The van der Waals surface area contributed by atoms with Gasteiger partial charge in [-0.3, -0.25) is 14.4 Å². The van der Waals surface area contributed by atoms with Gasteiger partial charge in [-0.25, -0.2) is 4.39 Å². The van der Waals surface area contributed by atoms with Crippen LogP contribution in [0.15, 0.2) is 48.5 Å². The third-order valence-electron chi connectivity index (χ3n) is 4.15. The first-order chi connectivity index (χ1) is 13.7. The van der Waals surface area contributed by atoms with Crippen LogP contribution in [-0.4, -0.2) is 24.3 Å². The number of carbonyl (C=O) groups is 3. The molecule has 0 heterocycles. The van der Waals surface area contributed by atoms with Gasteiger partial charge in [0.25, 0.3) is 5.91 Å². The van der Waals surface area contributed by atoms with Crippen LogP contribution in [0.1, 0.15) is 43.1 Å². The molecule has 0 aliphatic heterocycles. The number of amides is 3. The molecule has 0 radical (unpaired) electrons. The maximum absolute atomic E-state index is 13.6. The van der Waals surface area contributed by atoms with Crippen molar-refractivity contribution < 1.29 is 18.8 Å². The van der Waals surface area contributed by atoms with E-state index in [0.29, 0.717) is 16.8 Å². The minimum Gasteiger partial charge on any atom is -0.355 e. The van der Waals surface area contributed by atoms with Crippen molar-refractivity contribution in [2.45, 2.75) is 33.7 Å². The SMILES string of the molecule is CC(C)(C)C(=O)NCCC(=O)Nc1ccc(C(=O)NCc2ccccc2F)cc1. The fraction of sp³-hybridized carbons (Fsp3) is 0.318. The average molecular weight is 399 g/mol. The highest BCUT2D eigenvalue weighted by Crippen LogP contribution is 2.13. The number of nitrogens with one attached hydrogen (secondary N) is 3. The average Bonchev–Trinajstić information content (AvgIpc) is 2.67. The third-order valence-corrected chi connectivity index (χ3v) is 4.15. The molecule has 0 bridgehead atoms. The van der Waals surface area contributed by atoms with Crippen molar-refractivity contribution >= 4 is 23.4 Å². The molecule has 0 atom stereocenters. The van der Waals surface area contributed by atoms with E-state index in [9.17, 15) is 18.8 Å². The van der Waals surface area contributed by atoms with Gasteiger partial charge >= 0.3 is 0 Å². The third kappa shape index (κ3) is 7.03. The Morgan fingerprint density at radius 1 is 0.931 bits per heavy atom. The van der Waals surface area contributed by atoms with Gasteiger partial charge in [-0.1, -0.05) is 39.0 Å². The van der Waals surface area contributed by atoms with E-state index in [2.05, 4.69) is 16.0 Å². The van der Waals surface area contributed by atoms with Crippen molar-refractivity contribution in [2.75, 3.05) is 11.9 Å². The zero-order chi connectivity index (χ0) is 21.4. The molecule has 2 rings (SSSR count). The molecule has 2 aromatic rings. The van der Waals surface area contributed by atoms with Gasteiger partial charge in [0.1, 0.15) is 5.82 Å². The highest BCUT2D eigenvalue weighted by Gasteiger charge is 2.20. The van der Waals surface area contributed by atoms with Gasteiger partial charge < -0.3 is 16.0 Å². The Bertz CT molecular complexity index is 874. The Labute approximate surface area is 169 Å². The van der Waals surface area contributed by atoms with E-state index in [1.807, 2.05) is 0 Å². The molecule has 0 fully saturated rings. The Morgan fingerprint density at radius 2 is 1.59 bits per heavy atom. The van der Waals surface area contributed by atoms with Crippen molar-refractivity contribution in [2.24, 2.45) is 5.41 Å². The lowest BCUT2D eigenvalue weighted by molar-refractivity contribution is -0.128. The van der Waals surface area contributed by atoms with E-state index >= 15 is 0 Å². The van der Waals surface area contributed by atoms with Crippen LogP contribution in [0.3, 0.4) is 0 Å². The normalized spacial score (nSPS) is 10.9. The molecule has 0 saturated carbocycles.